The topological polar surface area (TPSA) is 488 Å². The third-order valence-electron chi connectivity index (χ3n) is 18.7. The highest BCUT2D eigenvalue weighted by molar-refractivity contribution is 7.92. The van der Waals surface area contributed by atoms with Crippen LogP contribution in [0.4, 0.5) is 35.5 Å². The lowest BCUT2D eigenvalue weighted by atomic mass is 10.0. The molecule has 0 atom stereocenters. The van der Waals surface area contributed by atoms with E-state index in [1.165, 1.54) is 42.6 Å². The maximum absolute atomic E-state index is 13.2. The number of fused-ring (bicyclic) bond motifs is 4. The fourth-order valence-electron chi connectivity index (χ4n) is 12.6. The van der Waals surface area contributed by atoms with Crippen LogP contribution in [0.1, 0.15) is 40.0 Å². The molecule has 7 aromatic carbocycles. The van der Waals surface area contributed by atoms with Crippen molar-refractivity contribution in [2.45, 2.75) is 51.8 Å². The van der Waals surface area contributed by atoms with E-state index in [2.05, 4.69) is 45.5 Å². The van der Waals surface area contributed by atoms with Crippen molar-refractivity contribution in [3.8, 4) is 0 Å². The van der Waals surface area contributed by atoms with Gasteiger partial charge in [0.05, 0.1) is 81.9 Å². The quantitative estimate of drug-likeness (QED) is 0.0641. The number of aromatic amines is 1. The van der Waals surface area contributed by atoms with Gasteiger partial charge < -0.3 is 33.1 Å². The minimum atomic E-state index is -4.31. The highest BCUT2D eigenvalue weighted by atomic mass is 32.3. The number of carbonyl (C=O) groups excluding carboxylic acids is 8. The molecule has 17 rings (SSSR count). The second-order valence-corrected chi connectivity index (χ2v) is 36.1. The number of anilines is 2. The van der Waals surface area contributed by atoms with Crippen LogP contribution in [0.5, 0.6) is 0 Å². The number of aromatic nitrogens is 10. The standard InChI is InChI=1S/C31H24N8O7S2.C31H25N5O8S2.C17H15N5O7S2/c40-24(38-15-16-39(31(42)46-38)48(43,44)30-35-22-13-7-8-14-23(22)47-30)17-37-19-34-25-27(32-18-33-28(25)37)36-29(41)45-26(20-9-3-1-4-10-20)21-11-5-2-6-12-21;37-26-19-23(32-29(39)43-28(21-9-3-1-4-10-21)22-11-5-2-6-12-22)15-16-34(26)20-27(38)35-17-18-36(31(40)44-35)46(41,42)30-33-24-13-7-8-14-25(24)45-30;1-10-8-20(15(25)19-14(10)24)9-13(23)21-6-7-22(17(26)29-21)31(27,28)16-18-11-4-2-3-5-12(11)30-16/h1-14,18-19,26H,15-17H2,(H,32,33,36,41);1-16,19,28H,17-18,20H2,(H,32,39);2-5,8H,6-7,9H2,1H3,(H,19,24,25). The van der Waals surface area contributed by atoms with Crippen molar-refractivity contribution in [1.29, 1.82) is 0 Å². The summed E-state index contributed by atoms with van der Waals surface area (Å²) in [5.41, 5.74) is 3.24. The molecule has 14 aromatic rings. The number of nitrogens with zero attached hydrogens (tertiary/aromatic N) is 15. The molecule has 3 fully saturated rings. The number of H-pyrrole nitrogens is 1. The summed E-state index contributed by atoms with van der Waals surface area (Å²) in [6.07, 6.45) is -1.73. The van der Waals surface area contributed by atoms with Gasteiger partial charge in [-0.25, -0.2) is 58.7 Å². The fraction of sp³-hybridized carbons (Fsp3) is 0.152. The minimum absolute atomic E-state index is 0.0520. The van der Waals surface area contributed by atoms with Crippen LogP contribution in [0.25, 0.3) is 41.8 Å². The molecule has 0 bridgehead atoms. The Hall–Kier alpha value is -15.0. The molecular weight excluding hydrogens is 1750 g/mol. The van der Waals surface area contributed by atoms with E-state index in [0.717, 1.165) is 76.5 Å². The van der Waals surface area contributed by atoms with E-state index < -0.39 is 120 Å². The molecule has 3 N–H and O–H groups in total. The van der Waals surface area contributed by atoms with Crippen LogP contribution in [0.15, 0.2) is 259 Å². The van der Waals surface area contributed by atoms with Gasteiger partial charge in [-0.2, -0.15) is 53.4 Å². The molecule has 125 heavy (non-hydrogen) atoms. The first-order chi connectivity index (χ1) is 60.1. The molecule has 3 aliphatic heterocycles. The van der Waals surface area contributed by atoms with Gasteiger partial charge in [-0.05, 0) is 71.6 Å². The molecule has 0 radical (unpaired) electrons. The number of nitrogens with one attached hydrogen (secondary N) is 3. The lowest BCUT2D eigenvalue weighted by Gasteiger charge is -2.31. The average Bonchev–Trinajstić information content (AvgIpc) is 1.69. The zero-order chi connectivity index (χ0) is 87.8. The number of ether oxygens (including phenoxy) is 2. The summed E-state index contributed by atoms with van der Waals surface area (Å²) < 4.78 is 95.8. The van der Waals surface area contributed by atoms with Gasteiger partial charge in [-0.15, -0.1) is 34.0 Å². The third-order valence-corrected chi connectivity index (χ3v) is 28.2. The minimum Gasteiger partial charge on any atom is -0.436 e. The van der Waals surface area contributed by atoms with Crippen LogP contribution in [-0.2, 0) is 88.1 Å². The Morgan fingerprint density at radius 3 is 1.20 bits per heavy atom. The van der Waals surface area contributed by atoms with Crippen molar-refractivity contribution < 1.29 is 87.6 Å². The summed E-state index contributed by atoms with van der Waals surface area (Å²) in [5, 5.41) is 7.32. The second kappa shape index (κ2) is 36.4. The molecule has 40 nitrogen and oxygen atoms in total. The summed E-state index contributed by atoms with van der Waals surface area (Å²) >= 11 is 2.76. The Morgan fingerprint density at radius 2 is 0.816 bits per heavy atom. The number of benzene rings is 7. The van der Waals surface area contributed by atoms with Gasteiger partial charge in [-0.1, -0.05) is 158 Å². The highest BCUT2D eigenvalue weighted by Crippen LogP contribution is 2.35. The molecule has 46 heteroatoms. The Labute approximate surface area is 717 Å². The Morgan fingerprint density at radius 1 is 0.448 bits per heavy atom. The molecule has 10 heterocycles. The van der Waals surface area contributed by atoms with Crippen molar-refractivity contribution in [3.05, 3.63) is 290 Å². The molecule has 0 aliphatic carbocycles. The summed E-state index contributed by atoms with van der Waals surface area (Å²) in [7, 11) is -12.9. The van der Waals surface area contributed by atoms with Crippen molar-refractivity contribution in [2.24, 2.45) is 0 Å². The maximum Gasteiger partial charge on any atom is 0.448 e. The smallest absolute Gasteiger partial charge is 0.436 e. The number of hydrogen-bond donors (Lipinski definition) is 3. The number of hydroxylamine groups is 6. The van der Waals surface area contributed by atoms with Gasteiger partial charge in [0.25, 0.3) is 58.9 Å². The van der Waals surface area contributed by atoms with E-state index in [1.807, 2.05) is 121 Å². The normalized spacial score (nSPS) is 13.8. The summed E-state index contributed by atoms with van der Waals surface area (Å²) in [6.45, 7) is -1.69. The Bertz CT molecular complexity index is 6910. The number of hydrogen-bond acceptors (Lipinski definition) is 31. The van der Waals surface area contributed by atoms with Gasteiger partial charge >= 0.3 is 36.2 Å². The number of pyridine rings is 1. The third kappa shape index (κ3) is 18.9. The predicted molar refractivity (Wildman–Crippen MR) is 447 cm³/mol. The van der Waals surface area contributed by atoms with Crippen molar-refractivity contribution in [3.63, 3.8) is 0 Å². The van der Waals surface area contributed by atoms with E-state index >= 15 is 0 Å². The first kappa shape index (κ1) is 85.0. The molecule has 3 aliphatic rings. The highest BCUT2D eigenvalue weighted by Gasteiger charge is 2.43. The van der Waals surface area contributed by atoms with Crippen molar-refractivity contribution in [2.75, 3.05) is 49.9 Å². The Balaban J connectivity index is 0.000000148. The zero-order valence-electron chi connectivity index (χ0n) is 64.6. The van der Waals surface area contributed by atoms with Crippen LogP contribution in [0.3, 0.4) is 0 Å². The zero-order valence-corrected chi connectivity index (χ0v) is 69.5. The Kier molecular flexibility index (Phi) is 24.7. The number of sulfonamides is 3. The van der Waals surface area contributed by atoms with E-state index in [0.29, 0.717) is 53.7 Å². The summed E-state index contributed by atoms with van der Waals surface area (Å²) in [5.74, 6) is -2.14. The molecule has 7 aromatic heterocycles. The first-order valence-corrected chi connectivity index (χ1v) is 43.9. The van der Waals surface area contributed by atoms with Crippen LogP contribution < -0.4 is 27.4 Å². The number of carbonyl (C=O) groups is 8. The van der Waals surface area contributed by atoms with Crippen LogP contribution in [-0.4, -0.2) is 189 Å². The number of rotatable bonds is 20. The number of aryl methyl sites for hydroxylation is 1. The number of para-hydroxylation sites is 3. The number of amides is 8. The maximum atomic E-state index is 13.2. The summed E-state index contributed by atoms with van der Waals surface area (Å²) in [4.78, 5) is 180. The predicted octanol–water partition coefficient (Wildman–Crippen LogP) is 8.78. The second-order valence-electron chi connectivity index (χ2n) is 26.9. The van der Waals surface area contributed by atoms with Crippen molar-refractivity contribution in [1.82, 2.24) is 76.7 Å². The van der Waals surface area contributed by atoms with Crippen LogP contribution >= 0.6 is 34.0 Å². The van der Waals surface area contributed by atoms with E-state index in [-0.39, 0.29) is 87.1 Å². The molecule has 3 saturated heterocycles. The molecule has 0 unspecified atom stereocenters. The average molecular weight is 1810 g/mol. The van der Waals surface area contributed by atoms with E-state index in [1.54, 1.807) is 72.8 Å². The van der Waals surface area contributed by atoms with Crippen LogP contribution in [0, 0.1) is 6.92 Å². The summed E-state index contributed by atoms with van der Waals surface area (Å²) in [6, 6.07) is 60.0. The van der Waals surface area contributed by atoms with Gasteiger partial charge in [0.2, 0.25) is 13.0 Å². The largest absolute Gasteiger partial charge is 0.448 e. The van der Waals surface area contributed by atoms with E-state index in [4.69, 9.17) is 24.0 Å². The first-order valence-electron chi connectivity index (χ1n) is 37.2. The van der Waals surface area contributed by atoms with E-state index in [9.17, 15) is 78.0 Å². The monoisotopic (exact) mass is 1810 g/mol. The number of thiazole rings is 3. The van der Waals surface area contributed by atoms with Gasteiger partial charge in [0.1, 0.15) is 26.0 Å². The lowest BCUT2D eigenvalue weighted by molar-refractivity contribution is -0.174. The molecular formula is C79H64N18O22S6. The number of imidazole rings is 1. The van der Waals surface area contributed by atoms with Gasteiger partial charge in [-0.3, -0.25) is 44.2 Å². The molecule has 0 saturated carbocycles. The fourth-order valence-corrected chi connectivity index (χ4v) is 20.4. The lowest BCUT2D eigenvalue weighted by Crippen LogP contribution is -2.53. The molecule has 8 amide bonds. The molecule has 0 spiro atoms. The SMILES string of the molecule is Cc1cn(CC(=O)N2CCN(S(=O)(=O)c3nc4ccccc4s3)C(=O)O2)c(=O)[nH]c1=O.O=C(Nc1ccn(CC(=O)N2CCN(S(=O)(=O)c3nc4ccccc4s3)C(=O)O2)c(=O)c1)OC(c1ccccc1)c1ccccc1.O=C(Nc1ncnc2c1ncn2CC(=O)N1CCN(S(=O)(=O)c2nc3ccccc3s2)C(=O)O1)OC(c1ccccc1)c1ccccc1. The van der Waals surface area contributed by atoms with Crippen LogP contribution in [0.2, 0.25) is 0 Å². The van der Waals surface area contributed by atoms with Crippen molar-refractivity contribution >= 4 is 166 Å². The van der Waals surface area contributed by atoms with Gasteiger partial charge in [0.15, 0.2) is 29.2 Å². The molecule has 638 valence electrons. The van der Waals surface area contributed by atoms with Gasteiger partial charge in [0, 0.05) is 24.0 Å².